The van der Waals surface area contributed by atoms with Crippen molar-refractivity contribution in [3.8, 4) is 0 Å². The van der Waals surface area contributed by atoms with Crippen LogP contribution in [0.1, 0.15) is 60.7 Å². The molecular formula is C20H26KN4O3S. The molecule has 29 heavy (non-hydrogen) atoms. The first-order chi connectivity index (χ1) is 13.3. The fourth-order valence-corrected chi connectivity index (χ4v) is 5.31. The van der Waals surface area contributed by atoms with Gasteiger partial charge in [0.1, 0.15) is 5.82 Å². The molecule has 7 nitrogen and oxygen atoms in total. The molecule has 0 saturated carbocycles. The van der Waals surface area contributed by atoms with Gasteiger partial charge in [0, 0.05) is 76.2 Å². The number of hydrogen-bond acceptors (Lipinski definition) is 4. The summed E-state index contributed by atoms with van der Waals surface area (Å²) < 4.78 is 29.1. The molecule has 2 aromatic rings. The number of carbonyl (C=O) groups is 1. The summed E-state index contributed by atoms with van der Waals surface area (Å²) in [4.78, 5) is 16.8. The predicted molar refractivity (Wildman–Crippen MR) is 113 cm³/mol. The van der Waals surface area contributed by atoms with E-state index < -0.39 is 16.1 Å². The summed E-state index contributed by atoms with van der Waals surface area (Å²) in [6.07, 6.45) is 7.44. The Kier molecular flexibility index (Phi) is 6.97. The molecule has 2 aliphatic rings. The van der Waals surface area contributed by atoms with Gasteiger partial charge in [-0.1, -0.05) is 19.9 Å². The molecule has 0 fully saturated rings. The number of amides is 2. The smallest absolute Gasteiger partial charge is 0.333 e. The summed E-state index contributed by atoms with van der Waals surface area (Å²) in [5.74, 6) is 0.733. The SMILES string of the molecule is CC(C)c1nc(S(=O)(=O)NC(=O)Nc2c3c(cc4c2CCC4)CCC3)cn1C.[K]. The van der Waals surface area contributed by atoms with Gasteiger partial charge in [-0.15, -0.1) is 0 Å². The van der Waals surface area contributed by atoms with Crippen molar-refractivity contribution >= 4 is 73.1 Å². The van der Waals surface area contributed by atoms with Crippen molar-refractivity contribution in [3.63, 3.8) is 0 Å². The second-order valence-electron chi connectivity index (χ2n) is 8.00. The molecular weight excluding hydrogens is 415 g/mol. The van der Waals surface area contributed by atoms with Crippen LogP contribution in [0.5, 0.6) is 0 Å². The van der Waals surface area contributed by atoms with Crippen LogP contribution in [0.3, 0.4) is 0 Å². The molecule has 0 spiro atoms. The fraction of sp³-hybridized carbons (Fsp3) is 0.500. The molecule has 1 heterocycles. The number of imidazole rings is 1. The van der Waals surface area contributed by atoms with Crippen molar-refractivity contribution in [2.75, 3.05) is 5.32 Å². The standard InChI is InChI=1S/C20H26N4O3S.K/c1-12(2)19-21-17(11-24(19)3)28(26,27)23-20(25)22-18-15-8-4-6-13(15)10-14-7-5-9-16(14)18;/h10-12H,4-9H2,1-3H3,(H2,22,23,25);. The van der Waals surface area contributed by atoms with E-state index in [-0.39, 0.29) is 62.3 Å². The summed E-state index contributed by atoms with van der Waals surface area (Å²) in [6.45, 7) is 3.88. The number of fused-ring (bicyclic) bond motifs is 2. The minimum atomic E-state index is -4.04. The van der Waals surface area contributed by atoms with Crippen LogP contribution < -0.4 is 10.0 Å². The minimum absolute atomic E-state index is 0. The van der Waals surface area contributed by atoms with Crippen molar-refractivity contribution in [1.82, 2.24) is 14.3 Å². The number of aromatic nitrogens is 2. The zero-order valence-corrected chi connectivity index (χ0v) is 21.4. The minimum Gasteiger partial charge on any atom is -0.336 e. The third kappa shape index (κ3) is 4.50. The van der Waals surface area contributed by atoms with Gasteiger partial charge in [0.2, 0.25) is 0 Å². The quantitative estimate of drug-likeness (QED) is 0.714. The number of sulfonamides is 1. The molecule has 1 radical (unpaired) electrons. The van der Waals surface area contributed by atoms with Crippen LogP contribution in [0.2, 0.25) is 0 Å². The number of hydrogen-bond donors (Lipinski definition) is 2. The van der Waals surface area contributed by atoms with E-state index >= 15 is 0 Å². The molecule has 0 bridgehead atoms. The zero-order chi connectivity index (χ0) is 20.1. The zero-order valence-electron chi connectivity index (χ0n) is 17.5. The Balaban J connectivity index is 0.00000240. The number of benzene rings is 1. The van der Waals surface area contributed by atoms with Gasteiger partial charge < -0.3 is 9.88 Å². The summed E-state index contributed by atoms with van der Waals surface area (Å²) >= 11 is 0. The van der Waals surface area contributed by atoms with Crippen LogP contribution in [0, 0.1) is 0 Å². The average Bonchev–Trinajstić information content (AvgIpc) is 3.32. The van der Waals surface area contributed by atoms with Crippen molar-refractivity contribution < 1.29 is 13.2 Å². The van der Waals surface area contributed by atoms with E-state index in [1.165, 1.54) is 17.3 Å². The molecule has 0 unspecified atom stereocenters. The Bertz CT molecular complexity index is 1030. The van der Waals surface area contributed by atoms with Crippen LogP contribution in [-0.4, -0.2) is 75.4 Å². The van der Waals surface area contributed by atoms with Crippen LogP contribution in [-0.2, 0) is 42.8 Å². The normalized spacial score (nSPS) is 15.0. The second-order valence-corrected chi connectivity index (χ2v) is 9.63. The molecule has 2 N–H and O–H groups in total. The molecule has 9 heteroatoms. The molecule has 1 aromatic carbocycles. The van der Waals surface area contributed by atoms with E-state index in [2.05, 4.69) is 21.1 Å². The second kappa shape index (κ2) is 8.80. The first-order valence-corrected chi connectivity index (χ1v) is 11.3. The Hall–Kier alpha value is -0.714. The Labute approximate surface area is 214 Å². The van der Waals surface area contributed by atoms with Gasteiger partial charge in [-0.25, -0.2) is 14.5 Å². The van der Waals surface area contributed by atoms with Gasteiger partial charge in [-0.2, -0.15) is 8.42 Å². The summed E-state index contributed by atoms with van der Waals surface area (Å²) in [7, 11) is -2.29. The predicted octanol–water partition coefficient (Wildman–Crippen LogP) is 2.65. The fourth-order valence-electron chi connectivity index (χ4n) is 4.40. The third-order valence-corrected chi connectivity index (χ3v) is 6.82. The number of rotatable bonds is 4. The maximum absolute atomic E-state index is 12.6. The van der Waals surface area contributed by atoms with E-state index in [9.17, 15) is 13.2 Å². The average molecular weight is 442 g/mol. The first-order valence-electron chi connectivity index (χ1n) is 9.80. The van der Waals surface area contributed by atoms with Crippen LogP contribution in [0.15, 0.2) is 17.3 Å². The number of anilines is 1. The van der Waals surface area contributed by atoms with Gasteiger partial charge in [0.15, 0.2) is 5.03 Å². The van der Waals surface area contributed by atoms with Gasteiger partial charge >= 0.3 is 6.03 Å². The van der Waals surface area contributed by atoms with Crippen LogP contribution >= 0.6 is 0 Å². The summed E-state index contributed by atoms with van der Waals surface area (Å²) in [5, 5.41) is 2.71. The van der Waals surface area contributed by atoms with Gasteiger partial charge in [0.25, 0.3) is 10.0 Å². The number of nitrogens with one attached hydrogen (secondary N) is 2. The summed E-state index contributed by atoms with van der Waals surface area (Å²) in [5.41, 5.74) is 5.70. The van der Waals surface area contributed by atoms with Crippen LogP contribution in [0.25, 0.3) is 0 Å². The van der Waals surface area contributed by atoms with Crippen molar-refractivity contribution in [3.05, 3.63) is 40.3 Å². The molecule has 2 aliphatic carbocycles. The van der Waals surface area contributed by atoms with Crippen molar-refractivity contribution in [1.29, 1.82) is 0 Å². The molecule has 0 aliphatic heterocycles. The first kappa shape index (κ1) is 23.0. The van der Waals surface area contributed by atoms with Crippen molar-refractivity contribution in [2.24, 2.45) is 7.05 Å². The van der Waals surface area contributed by atoms with Crippen molar-refractivity contribution in [2.45, 2.75) is 63.3 Å². The maximum atomic E-state index is 12.6. The number of nitrogens with zero attached hydrogens (tertiary/aromatic N) is 2. The molecule has 0 atom stereocenters. The Morgan fingerprint density at radius 3 is 2.21 bits per heavy atom. The van der Waals surface area contributed by atoms with E-state index in [0.29, 0.717) is 5.82 Å². The molecule has 0 saturated heterocycles. The van der Waals surface area contributed by atoms with Gasteiger partial charge in [-0.05, 0) is 60.8 Å². The molecule has 151 valence electrons. The number of aryl methyl sites for hydroxylation is 3. The maximum Gasteiger partial charge on any atom is 0.333 e. The van der Waals surface area contributed by atoms with Gasteiger partial charge in [-0.3, -0.25) is 0 Å². The molecule has 2 amide bonds. The molecule has 1 aromatic heterocycles. The van der Waals surface area contributed by atoms with Crippen LogP contribution in [0.4, 0.5) is 10.5 Å². The van der Waals surface area contributed by atoms with Gasteiger partial charge in [0.05, 0.1) is 0 Å². The van der Waals surface area contributed by atoms with E-state index in [1.807, 2.05) is 13.8 Å². The monoisotopic (exact) mass is 441 g/mol. The van der Waals surface area contributed by atoms with E-state index in [1.54, 1.807) is 11.6 Å². The van der Waals surface area contributed by atoms with E-state index in [0.717, 1.165) is 55.3 Å². The largest absolute Gasteiger partial charge is 0.336 e. The Morgan fingerprint density at radius 1 is 1.10 bits per heavy atom. The summed E-state index contributed by atoms with van der Waals surface area (Å²) in [6, 6.07) is 1.54. The molecule has 4 rings (SSSR count). The number of urea groups is 1. The Morgan fingerprint density at radius 2 is 1.69 bits per heavy atom. The third-order valence-electron chi connectivity index (χ3n) is 5.62. The number of carbonyl (C=O) groups excluding carboxylic acids is 1. The van der Waals surface area contributed by atoms with E-state index in [4.69, 9.17) is 0 Å². The topological polar surface area (TPSA) is 93.1 Å².